The smallest absolute Gasteiger partial charge is 0.200 e. The van der Waals surface area contributed by atoms with Crippen LogP contribution in [-0.2, 0) is 15.0 Å². The molecule has 0 aliphatic heterocycles. The summed E-state index contributed by atoms with van der Waals surface area (Å²) < 4.78 is 10.9. The third-order valence-corrected chi connectivity index (χ3v) is 7.60. The number of Topliss-reactive ketones (excluding diaryl/α,β-unsaturated/α-hetero) is 1. The van der Waals surface area contributed by atoms with Gasteiger partial charge in [-0.05, 0) is 46.9 Å². The first-order chi connectivity index (χ1) is 18.0. The van der Waals surface area contributed by atoms with Crippen LogP contribution in [0.15, 0.2) is 103 Å². The minimum Gasteiger partial charge on any atom is -0.502 e. The molecule has 2 aliphatic rings. The van der Waals surface area contributed by atoms with E-state index in [1.54, 1.807) is 18.2 Å². The molecule has 5 heteroatoms. The van der Waals surface area contributed by atoms with Crippen LogP contribution in [0.3, 0.4) is 0 Å². The summed E-state index contributed by atoms with van der Waals surface area (Å²) in [4.78, 5) is 28.7. The van der Waals surface area contributed by atoms with Gasteiger partial charge in [-0.15, -0.1) is 0 Å². The van der Waals surface area contributed by atoms with Gasteiger partial charge in [0.1, 0.15) is 0 Å². The van der Waals surface area contributed by atoms with Gasteiger partial charge < -0.3 is 14.6 Å². The fourth-order valence-corrected chi connectivity index (χ4v) is 5.96. The maximum absolute atomic E-state index is 14.5. The number of benzene rings is 3. The predicted molar refractivity (Wildman–Crippen MR) is 143 cm³/mol. The molecule has 3 aromatic carbocycles. The second-order valence-corrected chi connectivity index (χ2v) is 9.29. The maximum Gasteiger partial charge on any atom is 0.200 e. The highest BCUT2D eigenvalue weighted by Gasteiger charge is 2.59. The summed E-state index contributed by atoms with van der Waals surface area (Å²) in [6.07, 6.45) is 5.64. The Bertz CT molecular complexity index is 1410. The summed E-state index contributed by atoms with van der Waals surface area (Å²) in [7, 11) is 2.92. The Morgan fingerprint density at radius 1 is 0.946 bits per heavy atom. The Morgan fingerprint density at radius 3 is 2.11 bits per heavy atom. The van der Waals surface area contributed by atoms with E-state index in [0.29, 0.717) is 17.6 Å². The molecule has 0 amide bonds. The van der Waals surface area contributed by atoms with Crippen molar-refractivity contribution in [1.82, 2.24) is 0 Å². The number of phenols is 1. The summed E-state index contributed by atoms with van der Waals surface area (Å²) in [5.41, 5.74) is 2.20. The van der Waals surface area contributed by atoms with Crippen LogP contribution in [-0.4, -0.2) is 30.9 Å². The predicted octanol–water partition coefficient (Wildman–Crippen LogP) is 5.80. The topological polar surface area (TPSA) is 72.8 Å². The lowest BCUT2D eigenvalue weighted by Crippen LogP contribution is -2.54. The number of ether oxygens (including phenoxy) is 2. The highest BCUT2D eigenvalue weighted by molar-refractivity contribution is 6.31. The molecule has 3 aromatic rings. The Labute approximate surface area is 216 Å². The largest absolute Gasteiger partial charge is 0.502 e. The van der Waals surface area contributed by atoms with Crippen LogP contribution in [0.4, 0.5) is 0 Å². The molecule has 2 aliphatic carbocycles. The van der Waals surface area contributed by atoms with E-state index in [4.69, 9.17) is 9.47 Å². The standard InChI is InChI=1S/C32H28O5/c1-4-20-15-16-25-30(34)24(21-11-7-5-8-12-21)19-28(33)32(25,23-13-9-6-10-14-23)29(20)22-17-26(36-2)31(35)27(18-22)37-3/h4-15,17-19,25,29,35H,1,16H2,2-3H3. The van der Waals surface area contributed by atoms with Gasteiger partial charge in [0.2, 0.25) is 5.75 Å². The minimum atomic E-state index is -1.22. The molecule has 0 aromatic heterocycles. The van der Waals surface area contributed by atoms with E-state index in [9.17, 15) is 14.7 Å². The van der Waals surface area contributed by atoms with Crippen molar-refractivity contribution in [3.8, 4) is 17.2 Å². The molecule has 0 heterocycles. The molecule has 3 atom stereocenters. The van der Waals surface area contributed by atoms with Crippen molar-refractivity contribution in [2.24, 2.45) is 5.92 Å². The molecule has 5 nitrogen and oxygen atoms in total. The molecule has 37 heavy (non-hydrogen) atoms. The summed E-state index contributed by atoms with van der Waals surface area (Å²) in [5, 5.41) is 10.6. The SMILES string of the molecule is C=CC1=CCC2C(=O)C(c3ccccc3)=CC(=O)C2(c2ccccc2)C1c1cc(OC)c(O)c(OC)c1. The zero-order valence-electron chi connectivity index (χ0n) is 20.8. The molecule has 0 saturated heterocycles. The van der Waals surface area contributed by atoms with Gasteiger partial charge in [0.15, 0.2) is 23.1 Å². The first kappa shape index (κ1) is 24.3. The van der Waals surface area contributed by atoms with Gasteiger partial charge in [-0.1, -0.05) is 79.4 Å². The number of methoxy groups -OCH3 is 2. The van der Waals surface area contributed by atoms with Gasteiger partial charge in [0.05, 0.1) is 19.6 Å². The molecular formula is C32H28O5. The van der Waals surface area contributed by atoms with Crippen molar-refractivity contribution in [2.45, 2.75) is 17.8 Å². The van der Waals surface area contributed by atoms with E-state index in [1.807, 2.05) is 66.7 Å². The van der Waals surface area contributed by atoms with Crippen LogP contribution in [0, 0.1) is 5.92 Å². The zero-order chi connectivity index (χ0) is 26.2. The highest BCUT2D eigenvalue weighted by atomic mass is 16.5. The number of carbonyl (C=O) groups excluding carboxylic acids is 2. The van der Waals surface area contributed by atoms with E-state index in [1.165, 1.54) is 20.3 Å². The third-order valence-electron chi connectivity index (χ3n) is 7.60. The molecule has 186 valence electrons. The third kappa shape index (κ3) is 3.70. The Hall–Kier alpha value is -4.38. The molecular weight excluding hydrogens is 464 g/mol. The summed E-state index contributed by atoms with van der Waals surface area (Å²) in [5.74, 6) is -1.11. The summed E-state index contributed by atoms with van der Waals surface area (Å²) in [6.45, 7) is 4.04. The fourth-order valence-electron chi connectivity index (χ4n) is 5.96. The lowest BCUT2D eigenvalue weighted by molar-refractivity contribution is -0.131. The van der Waals surface area contributed by atoms with Gasteiger partial charge >= 0.3 is 0 Å². The average molecular weight is 493 g/mol. The molecule has 3 unspecified atom stereocenters. The van der Waals surface area contributed by atoms with Crippen molar-refractivity contribution in [3.63, 3.8) is 0 Å². The lowest BCUT2D eigenvalue weighted by atomic mass is 9.50. The zero-order valence-corrected chi connectivity index (χ0v) is 20.8. The number of rotatable bonds is 6. The molecule has 5 rings (SSSR count). The summed E-state index contributed by atoms with van der Waals surface area (Å²) in [6, 6.07) is 22.2. The Kier molecular flexibility index (Phi) is 6.30. The number of ketones is 2. The van der Waals surface area contributed by atoms with E-state index >= 15 is 0 Å². The molecule has 0 saturated carbocycles. The van der Waals surface area contributed by atoms with Crippen LogP contribution in [0.2, 0.25) is 0 Å². The van der Waals surface area contributed by atoms with Gasteiger partial charge in [-0.2, -0.15) is 0 Å². The van der Waals surface area contributed by atoms with Crippen molar-refractivity contribution in [2.75, 3.05) is 14.2 Å². The molecule has 0 fully saturated rings. The number of phenolic OH excluding ortho intramolecular Hbond substituents is 1. The molecule has 0 bridgehead atoms. The first-order valence-corrected chi connectivity index (χ1v) is 12.2. The molecule has 0 radical (unpaired) electrons. The Morgan fingerprint density at radius 2 is 1.54 bits per heavy atom. The monoisotopic (exact) mass is 492 g/mol. The lowest BCUT2D eigenvalue weighted by Gasteiger charge is -2.49. The van der Waals surface area contributed by atoms with Crippen LogP contribution < -0.4 is 9.47 Å². The van der Waals surface area contributed by atoms with Crippen molar-refractivity contribution < 1.29 is 24.2 Å². The number of fused-ring (bicyclic) bond motifs is 1. The first-order valence-electron chi connectivity index (χ1n) is 12.2. The van der Waals surface area contributed by atoms with Crippen molar-refractivity contribution >= 4 is 17.1 Å². The number of hydrogen-bond donors (Lipinski definition) is 1. The normalized spacial score (nSPS) is 23.0. The van der Waals surface area contributed by atoms with Gasteiger partial charge in [-0.25, -0.2) is 0 Å². The fraction of sp³-hybridized carbons (Fsp3) is 0.188. The second-order valence-electron chi connectivity index (χ2n) is 9.29. The average Bonchev–Trinajstić information content (AvgIpc) is 2.95. The number of allylic oxidation sites excluding steroid dienone is 5. The van der Waals surface area contributed by atoms with Crippen LogP contribution >= 0.6 is 0 Å². The van der Waals surface area contributed by atoms with Crippen LogP contribution in [0.1, 0.15) is 29.0 Å². The molecule has 1 N–H and O–H groups in total. The van der Waals surface area contributed by atoms with E-state index < -0.39 is 17.3 Å². The highest BCUT2D eigenvalue weighted by Crippen LogP contribution is 2.58. The maximum atomic E-state index is 14.5. The summed E-state index contributed by atoms with van der Waals surface area (Å²) >= 11 is 0. The van der Waals surface area contributed by atoms with Gasteiger partial charge in [-0.3, -0.25) is 9.59 Å². The van der Waals surface area contributed by atoms with Gasteiger partial charge in [0.25, 0.3) is 0 Å². The number of hydrogen-bond acceptors (Lipinski definition) is 5. The Balaban J connectivity index is 1.83. The van der Waals surface area contributed by atoms with Crippen LogP contribution in [0.25, 0.3) is 5.57 Å². The van der Waals surface area contributed by atoms with Crippen LogP contribution in [0.5, 0.6) is 17.2 Å². The van der Waals surface area contributed by atoms with Gasteiger partial charge in [0, 0.05) is 17.4 Å². The van der Waals surface area contributed by atoms with Crippen molar-refractivity contribution in [1.29, 1.82) is 0 Å². The van der Waals surface area contributed by atoms with E-state index in [-0.39, 0.29) is 28.8 Å². The van der Waals surface area contributed by atoms with E-state index in [2.05, 4.69) is 6.58 Å². The number of carbonyl (C=O) groups is 2. The number of aromatic hydroxyl groups is 1. The molecule has 0 spiro atoms. The second kappa shape index (κ2) is 9.58. The minimum absolute atomic E-state index is 0.0725. The quantitative estimate of drug-likeness (QED) is 0.471. The van der Waals surface area contributed by atoms with Crippen molar-refractivity contribution in [3.05, 3.63) is 120 Å². The van der Waals surface area contributed by atoms with E-state index in [0.717, 1.165) is 16.7 Å².